The number of nitrogens with one attached hydrogen (secondary N) is 6. The molecular formula is C31H51N9O8. The summed E-state index contributed by atoms with van der Waals surface area (Å²) in [7, 11) is 0. The van der Waals surface area contributed by atoms with Crippen LogP contribution in [-0.2, 0) is 24.0 Å². The molecule has 1 aliphatic heterocycles. The second-order valence-electron chi connectivity index (χ2n) is 11.9. The molecule has 17 nitrogen and oxygen atoms in total. The maximum absolute atomic E-state index is 13.4. The van der Waals surface area contributed by atoms with E-state index in [0.717, 1.165) is 0 Å². The van der Waals surface area contributed by atoms with E-state index in [1.807, 2.05) is 0 Å². The van der Waals surface area contributed by atoms with E-state index in [2.05, 4.69) is 36.9 Å². The molecule has 17 heteroatoms. The van der Waals surface area contributed by atoms with Crippen molar-refractivity contribution in [3.63, 3.8) is 0 Å². The molecule has 0 fully saturated rings. The van der Waals surface area contributed by atoms with Gasteiger partial charge in [0.25, 0.3) is 5.91 Å². The maximum Gasteiger partial charge on any atom is 0.286 e. The van der Waals surface area contributed by atoms with Gasteiger partial charge in [-0.2, -0.15) is 0 Å². The van der Waals surface area contributed by atoms with E-state index in [0.29, 0.717) is 51.6 Å². The standard InChI is InChI=1S/C31H51N9O8/c1-18-10-4-6-15-35-31(33)36-16-8-12-22(39-27(44)19(2)37-30(47)24(20(3)41)40-26(18)43)28(45)38-21(25(32)42)11-5-7-14-34-29(46)23-13-9-17-48-23/h9,13,17-22,24,41H,4-8,10-12,14-16H2,1-3H3,(H2,32,42)(H,34,46)(H,37,47)(H,38,45)(H,39,44)(H,40,43)(H3,33,35,36)/t18-,19-,20-,21-,22+,24-/m0/s1. The number of aliphatic hydroxyl groups is 1. The number of carbonyl (C=O) groups excluding carboxylic acids is 6. The lowest BCUT2D eigenvalue weighted by Gasteiger charge is -2.26. The largest absolute Gasteiger partial charge is 0.459 e. The molecule has 0 aromatic carbocycles. The van der Waals surface area contributed by atoms with Crippen molar-refractivity contribution in [1.82, 2.24) is 31.9 Å². The number of carbonyl (C=O) groups is 6. The Balaban J connectivity index is 2.10. The van der Waals surface area contributed by atoms with E-state index in [-0.39, 0.29) is 37.0 Å². The Morgan fingerprint density at radius 1 is 1.04 bits per heavy atom. The highest BCUT2D eigenvalue weighted by Gasteiger charge is 2.31. The highest BCUT2D eigenvalue weighted by molar-refractivity contribution is 5.95. The molecule has 0 saturated carbocycles. The molecule has 6 amide bonds. The van der Waals surface area contributed by atoms with Gasteiger partial charge in [0.1, 0.15) is 24.2 Å². The Morgan fingerprint density at radius 2 is 1.79 bits per heavy atom. The zero-order chi connectivity index (χ0) is 35.6. The third kappa shape index (κ3) is 14.0. The van der Waals surface area contributed by atoms with Crippen LogP contribution in [0.5, 0.6) is 0 Å². The number of aliphatic imine (C=N–C) groups is 1. The van der Waals surface area contributed by atoms with Gasteiger partial charge in [0.15, 0.2) is 11.7 Å². The Bertz CT molecular complexity index is 1250. The van der Waals surface area contributed by atoms with Gasteiger partial charge in [0, 0.05) is 25.6 Å². The van der Waals surface area contributed by atoms with Gasteiger partial charge in [-0.05, 0) is 70.9 Å². The fraction of sp³-hybridized carbons (Fsp3) is 0.645. The van der Waals surface area contributed by atoms with E-state index in [9.17, 15) is 33.9 Å². The number of rotatable bonds is 10. The summed E-state index contributed by atoms with van der Waals surface area (Å²) in [4.78, 5) is 80.7. The molecule has 0 saturated heterocycles. The number of guanidine groups is 1. The van der Waals surface area contributed by atoms with Gasteiger partial charge in [-0.15, -0.1) is 0 Å². The molecule has 0 spiro atoms. The fourth-order valence-corrected chi connectivity index (χ4v) is 4.84. The van der Waals surface area contributed by atoms with Gasteiger partial charge in [0.05, 0.1) is 12.4 Å². The summed E-state index contributed by atoms with van der Waals surface area (Å²) < 4.78 is 5.04. The second kappa shape index (κ2) is 20.5. The molecule has 0 aliphatic carbocycles. The maximum atomic E-state index is 13.4. The number of furan rings is 1. The number of hydrogen-bond donors (Lipinski definition) is 9. The van der Waals surface area contributed by atoms with Crippen LogP contribution in [0.4, 0.5) is 0 Å². The third-order valence-corrected chi connectivity index (χ3v) is 7.81. The van der Waals surface area contributed by atoms with Gasteiger partial charge in [0.2, 0.25) is 29.5 Å². The minimum absolute atomic E-state index is 0.115. The number of nitrogens with zero attached hydrogens (tertiary/aromatic N) is 1. The van der Waals surface area contributed by atoms with Gasteiger partial charge in [-0.1, -0.05) is 13.3 Å². The zero-order valence-corrected chi connectivity index (χ0v) is 27.9. The lowest BCUT2D eigenvalue weighted by molar-refractivity contribution is -0.136. The topological polar surface area (TPSA) is 272 Å². The molecule has 1 aromatic rings. The van der Waals surface area contributed by atoms with Gasteiger partial charge >= 0.3 is 0 Å². The van der Waals surface area contributed by atoms with Crippen LogP contribution in [-0.4, -0.2) is 96.4 Å². The predicted molar refractivity (Wildman–Crippen MR) is 176 cm³/mol. The van der Waals surface area contributed by atoms with E-state index in [1.54, 1.807) is 13.0 Å². The monoisotopic (exact) mass is 677 g/mol. The minimum Gasteiger partial charge on any atom is -0.459 e. The molecule has 6 atom stereocenters. The van der Waals surface area contributed by atoms with Crippen LogP contribution in [0.25, 0.3) is 0 Å². The summed E-state index contributed by atoms with van der Waals surface area (Å²) in [5, 5.41) is 26.2. The summed E-state index contributed by atoms with van der Waals surface area (Å²) in [5.74, 6) is -3.77. The Labute approximate surface area is 280 Å². The Morgan fingerprint density at radius 3 is 2.46 bits per heavy atom. The lowest BCUT2D eigenvalue weighted by atomic mass is 10.0. The van der Waals surface area contributed by atoms with Crippen LogP contribution in [0.15, 0.2) is 27.8 Å². The Kier molecular flexibility index (Phi) is 16.9. The van der Waals surface area contributed by atoms with Crippen LogP contribution >= 0.6 is 0 Å². The second-order valence-corrected chi connectivity index (χ2v) is 11.9. The molecule has 1 aliphatic rings. The van der Waals surface area contributed by atoms with E-state index in [4.69, 9.17) is 15.9 Å². The van der Waals surface area contributed by atoms with Gasteiger partial charge in [-0.3, -0.25) is 33.8 Å². The van der Waals surface area contributed by atoms with E-state index < -0.39 is 65.7 Å². The molecule has 1 aromatic heterocycles. The van der Waals surface area contributed by atoms with Crippen molar-refractivity contribution in [1.29, 1.82) is 0 Å². The molecule has 11 N–H and O–H groups in total. The smallest absolute Gasteiger partial charge is 0.286 e. The zero-order valence-electron chi connectivity index (χ0n) is 27.9. The highest BCUT2D eigenvalue weighted by atomic mass is 16.3. The first kappa shape index (κ1) is 39.5. The van der Waals surface area contributed by atoms with E-state index >= 15 is 0 Å². The molecular weight excluding hydrogens is 626 g/mol. The number of primary amides is 1. The quantitative estimate of drug-likeness (QED) is 0.129. The molecule has 0 radical (unpaired) electrons. The molecule has 2 rings (SSSR count). The molecule has 0 unspecified atom stereocenters. The number of aliphatic hydroxyl groups excluding tert-OH is 1. The number of unbranched alkanes of at least 4 members (excludes halogenated alkanes) is 1. The fourth-order valence-electron chi connectivity index (χ4n) is 4.84. The van der Waals surface area contributed by atoms with Crippen molar-refractivity contribution in [2.45, 2.75) is 102 Å². The van der Waals surface area contributed by atoms with Crippen molar-refractivity contribution in [2.24, 2.45) is 22.4 Å². The van der Waals surface area contributed by atoms with Gasteiger partial charge < -0.3 is 52.9 Å². The summed E-state index contributed by atoms with van der Waals surface area (Å²) >= 11 is 0. The van der Waals surface area contributed by atoms with Crippen molar-refractivity contribution in [3.05, 3.63) is 24.2 Å². The first-order valence-electron chi connectivity index (χ1n) is 16.3. The van der Waals surface area contributed by atoms with E-state index in [1.165, 1.54) is 26.2 Å². The van der Waals surface area contributed by atoms with Crippen LogP contribution in [0.1, 0.15) is 82.7 Å². The minimum atomic E-state index is -1.31. The number of amides is 6. The number of hydrogen-bond acceptors (Lipinski definition) is 11. The van der Waals surface area contributed by atoms with Gasteiger partial charge in [-0.25, -0.2) is 0 Å². The Hall–Kier alpha value is -4.67. The molecule has 2 heterocycles. The number of nitrogens with two attached hydrogens (primary N) is 2. The van der Waals surface area contributed by atoms with Crippen LogP contribution in [0.3, 0.4) is 0 Å². The first-order chi connectivity index (χ1) is 22.8. The molecule has 48 heavy (non-hydrogen) atoms. The van der Waals surface area contributed by atoms with Crippen molar-refractivity contribution < 1.29 is 38.3 Å². The molecule has 0 bridgehead atoms. The van der Waals surface area contributed by atoms with Crippen molar-refractivity contribution in [2.75, 3.05) is 19.6 Å². The highest BCUT2D eigenvalue weighted by Crippen LogP contribution is 2.10. The van der Waals surface area contributed by atoms with Crippen molar-refractivity contribution in [3.8, 4) is 0 Å². The van der Waals surface area contributed by atoms with Crippen LogP contribution in [0.2, 0.25) is 0 Å². The van der Waals surface area contributed by atoms with Crippen LogP contribution < -0.4 is 43.4 Å². The third-order valence-electron chi connectivity index (χ3n) is 7.81. The lowest BCUT2D eigenvalue weighted by Crippen LogP contribution is -2.59. The first-order valence-corrected chi connectivity index (χ1v) is 16.3. The summed E-state index contributed by atoms with van der Waals surface area (Å²) in [5.41, 5.74) is 11.5. The normalized spacial score (nSPS) is 23.5. The van der Waals surface area contributed by atoms with Crippen molar-refractivity contribution >= 4 is 41.4 Å². The summed E-state index contributed by atoms with van der Waals surface area (Å²) in [6.07, 6.45) is 3.65. The summed E-state index contributed by atoms with van der Waals surface area (Å²) in [6.45, 7) is 5.52. The average molecular weight is 678 g/mol. The SMILES string of the molecule is C[C@@H]1NC(=O)[C@H]([C@H](C)O)NC(=O)[C@@H](C)CCCCNC(N)=NCCC[C@H](C(=O)N[C@@H](CCCCNC(=O)c2ccco2)C(N)=O)NC1=O. The average Bonchev–Trinajstić information content (AvgIpc) is 3.58. The predicted octanol–water partition coefficient (Wildman–Crippen LogP) is -1.49. The molecule has 268 valence electrons. The summed E-state index contributed by atoms with van der Waals surface area (Å²) in [6, 6.07) is -1.52. The van der Waals surface area contributed by atoms with Crippen LogP contribution in [0, 0.1) is 5.92 Å².